The van der Waals surface area contributed by atoms with Gasteiger partial charge in [0.1, 0.15) is 5.60 Å². The average Bonchev–Trinajstić information content (AvgIpc) is 2.93. The first-order valence-electron chi connectivity index (χ1n) is 13.1. The molecule has 3 aliphatic rings. The third kappa shape index (κ3) is 5.63. The highest BCUT2D eigenvalue weighted by atomic mass is 19.4. The molecule has 3 saturated heterocycles. The molecule has 0 N–H and O–H groups in total. The summed E-state index contributed by atoms with van der Waals surface area (Å²) in [5, 5.41) is 0. The molecule has 0 aliphatic carbocycles. The lowest BCUT2D eigenvalue weighted by atomic mass is 9.74. The van der Waals surface area contributed by atoms with Gasteiger partial charge in [-0.05, 0) is 36.6 Å². The summed E-state index contributed by atoms with van der Waals surface area (Å²) in [6, 6.07) is 10.4. The fourth-order valence-electron chi connectivity index (χ4n) is 5.93. The molecule has 3 aliphatic heterocycles. The summed E-state index contributed by atoms with van der Waals surface area (Å²) in [7, 11) is 0. The first-order chi connectivity index (χ1) is 18.9. The molecule has 216 valence electrons. The quantitative estimate of drug-likeness (QED) is 0.418. The minimum absolute atomic E-state index is 0.00188. The number of carbonyl (C=O) groups is 2. The monoisotopic (exact) mass is 570 g/mol. The van der Waals surface area contributed by atoms with Gasteiger partial charge in [0.15, 0.2) is 0 Å². The predicted molar refractivity (Wildman–Crippen MR) is 131 cm³/mol. The molecule has 0 aromatic heterocycles. The molecule has 2 aromatic rings. The van der Waals surface area contributed by atoms with Gasteiger partial charge in [0, 0.05) is 63.2 Å². The van der Waals surface area contributed by atoms with Crippen LogP contribution in [0.1, 0.15) is 58.6 Å². The summed E-state index contributed by atoms with van der Waals surface area (Å²) in [5.41, 5.74) is -3.80. The van der Waals surface area contributed by atoms with Gasteiger partial charge in [0.05, 0.1) is 11.1 Å². The van der Waals surface area contributed by atoms with Crippen LogP contribution in [0.4, 0.5) is 31.1 Å². The molecule has 0 radical (unpaired) electrons. The van der Waals surface area contributed by atoms with Crippen molar-refractivity contribution in [3.63, 3.8) is 0 Å². The number of hydrogen-bond donors (Lipinski definition) is 0. The van der Waals surface area contributed by atoms with Crippen molar-refractivity contribution in [1.29, 1.82) is 0 Å². The second kappa shape index (κ2) is 10.6. The van der Waals surface area contributed by atoms with Crippen LogP contribution in [-0.4, -0.2) is 66.3 Å². The van der Waals surface area contributed by atoms with E-state index < -0.39 is 46.6 Å². The maximum Gasteiger partial charge on any atom is 0.416 e. The minimum Gasteiger partial charge on any atom is -0.442 e. The number of carbonyl (C=O) groups excluding carboxylic acids is 2. The van der Waals surface area contributed by atoms with Crippen molar-refractivity contribution < 1.29 is 45.4 Å². The number of hydrogen-bond acceptors (Lipinski definition) is 4. The van der Waals surface area contributed by atoms with Gasteiger partial charge in [-0.2, -0.15) is 26.3 Å². The predicted octanol–water partition coefficient (Wildman–Crippen LogP) is 6.11. The van der Waals surface area contributed by atoms with E-state index in [2.05, 4.69) is 0 Å². The number of ether oxygens (including phenoxy) is 2. The molecule has 3 fully saturated rings. The van der Waals surface area contributed by atoms with E-state index in [0.717, 1.165) is 5.56 Å². The van der Waals surface area contributed by atoms with Gasteiger partial charge in [-0.1, -0.05) is 30.3 Å². The number of alkyl halides is 6. The SMILES string of the molecule is O=C(c1cc(C(F)(F)F)cc(C(F)(F)F)c1)N1CCC2(CC1)OC(=O)N(C1CCOCC1)C[C@@H]2c1ccccc1. The Kier molecular flexibility index (Phi) is 7.49. The zero-order valence-electron chi connectivity index (χ0n) is 21.4. The third-order valence-electron chi connectivity index (χ3n) is 8.10. The van der Waals surface area contributed by atoms with Crippen LogP contribution in [0, 0.1) is 0 Å². The summed E-state index contributed by atoms with van der Waals surface area (Å²) in [6.45, 7) is 1.48. The fraction of sp³-hybridized carbons (Fsp3) is 0.500. The van der Waals surface area contributed by atoms with Crippen LogP contribution in [-0.2, 0) is 21.8 Å². The molecule has 3 heterocycles. The van der Waals surface area contributed by atoms with Crippen LogP contribution in [0.15, 0.2) is 48.5 Å². The van der Waals surface area contributed by atoms with E-state index in [0.29, 0.717) is 44.7 Å². The molecule has 0 bridgehead atoms. The number of amides is 2. The Bertz CT molecular complexity index is 1200. The van der Waals surface area contributed by atoms with Crippen molar-refractivity contribution in [3.8, 4) is 0 Å². The first-order valence-corrected chi connectivity index (χ1v) is 13.1. The molecule has 0 saturated carbocycles. The second-order valence-corrected chi connectivity index (χ2v) is 10.5. The zero-order chi connectivity index (χ0) is 28.7. The summed E-state index contributed by atoms with van der Waals surface area (Å²) >= 11 is 0. The Morgan fingerprint density at radius 3 is 2.00 bits per heavy atom. The van der Waals surface area contributed by atoms with E-state index in [1.807, 2.05) is 30.3 Å². The van der Waals surface area contributed by atoms with Gasteiger partial charge in [-0.25, -0.2) is 4.79 Å². The Balaban J connectivity index is 1.39. The lowest BCUT2D eigenvalue weighted by Crippen LogP contribution is -2.61. The minimum atomic E-state index is -5.06. The standard InChI is InChI=1S/C28H28F6N2O4/c29-27(30,31)20-14-19(15-21(16-20)28(32,33)34)24(37)35-10-8-26(9-11-35)23(18-4-2-1-3-5-18)17-36(25(38)40-26)22-6-12-39-13-7-22/h1-5,14-16,22-23H,6-13,17H2/t23-/m1/s1. The normalized spacial score (nSPS) is 22.4. The van der Waals surface area contributed by atoms with Gasteiger partial charge in [-0.3, -0.25) is 4.79 Å². The summed E-state index contributed by atoms with van der Waals surface area (Å²) < 4.78 is 91.6. The van der Waals surface area contributed by atoms with Crippen LogP contribution < -0.4 is 0 Å². The number of piperidine rings is 1. The van der Waals surface area contributed by atoms with E-state index >= 15 is 0 Å². The van der Waals surface area contributed by atoms with Crippen molar-refractivity contribution >= 4 is 12.0 Å². The van der Waals surface area contributed by atoms with Crippen molar-refractivity contribution in [2.75, 3.05) is 32.8 Å². The Morgan fingerprint density at radius 1 is 0.875 bits per heavy atom. The van der Waals surface area contributed by atoms with Gasteiger partial charge in [0.25, 0.3) is 5.91 Å². The molecular formula is C28H28F6N2O4. The highest BCUT2D eigenvalue weighted by Gasteiger charge is 2.52. The Labute approximate surface area is 226 Å². The number of rotatable bonds is 3. The Morgan fingerprint density at radius 2 is 1.45 bits per heavy atom. The molecule has 12 heteroatoms. The van der Waals surface area contributed by atoms with Crippen molar-refractivity contribution in [2.45, 2.75) is 55.6 Å². The van der Waals surface area contributed by atoms with E-state index in [1.165, 1.54) is 4.90 Å². The molecule has 40 heavy (non-hydrogen) atoms. The van der Waals surface area contributed by atoms with Crippen LogP contribution in [0.2, 0.25) is 0 Å². The molecule has 5 rings (SSSR count). The maximum atomic E-state index is 13.3. The van der Waals surface area contributed by atoms with E-state index in [9.17, 15) is 35.9 Å². The molecule has 6 nitrogen and oxygen atoms in total. The van der Waals surface area contributed by atoms with Crippen LogP contribution >= 0.6 is 0 Å². The molecule has 0 unspecified atom stereocenters. The zero-order valence-corrected chi connectivity index (χ0v) is 21.4. The molecule has 1 atom stereocenters. The summed E-state index contributed by atoms with van der Waals surface area (Å²) in [6.07, 6.45) is -8.83. The van der Waals surface area contributed by atoms with E-state index in [1.54, 1.807) is 4.90 Å². The van der Waals surface area contributed by atoms with Crippen molar-refractivity contribution in [1.82, 2.24) is 9.80 Å². The number of likely N-dealkylation sites (tertiary alicyclic amines) is 1. The summed E-state index contributed by atoms with van der Waals surface area (Å²) in [5.74, 6) is -1.18. The van der Waals surface area contributed by atoms with E-state index in [4.69, 9.17) is 9.47 Å². The number of nitrogens with zero attached hydrogens (tertiary/aromatic N) is 2. The lowest BCUT2D eigenvalue weighted by molar-refractivity contribution is -0.143. The fourth-order valence-corrected chi connectivity index (χ4v) is 5.93. The maximum absolute atomic E-state index is 13.3. The highest BCUT2D eigenvalue weighted by Crippen LogP contribution is 2.45. The van der Waals surface area contributed by atoms with Crippen molar-refractivity contribution in [3.05, 3.63) is 70.8 Å². The average molecular weight is 571 g/mol. The largest absolute Gasteiger partial charge is 0.442 e. The third-order valence-corrected chi connectivity index (χ3v) is 8.10. The van der Waals surface area contributed by atoms with E-state index in [-0.39, 0.29) is 44.0 Å². The van der Waals surface area contributed by atoms with Gasteiger partial charge < -0.3 is 19.3 Å². The molecule has 1 spiro atoms. The first kappa shape index (κ1) is 28.3. The van der Waals surface area contributed by atoms with Crippen molar-refractivity contribution in [2.24, 2.45) is 0 Å². The smallest absolute Gasteiger partial charge is 0.416 e. The molecule has 2 aromatic carbocycles. The van der Waals surface area contributed by atoms with Crippen LogP contribution in [0.5, 0.6) is 0 Å². The topological polar surface area (TPSA) is 59.1 Å². The number of benzene rings is 2. The van der Waals surface area contributed by atoms with Gasteiger partial charge in [-0.15, -0.1) is 0 Å². The lowest BCUT2D eigenvalue weighted by Gasteiger charge is -2.52. The highest BCUT2D eigenvalue weighted by molar-refractivity contribution is 5.94. The van der Waals surface area contributed by atoms with Gasteiger partial charge in [0.2, 0.25) is 0 Å². The van der Waals surface area contributed by atoms with Gasteiger partial charge >= 0.3 is 18.4 Å². The van der Waals surface area contributed by atoms with Crippen LogP contribution in [0.25, 0.3) is 0 Å². The second-order valence-electron chi connectivity index (χ2n) is 10.5. The Hall–Kier alpha value is -3.28. The molecule has 2 amide bonds. The van der Waals surface area contributed by atoms with Crippen LogP contribution in [0.3, 0.4) is 0 Å². The number of halogens is 6. The molecular weight excluding hydrogens is 542 g/mol. The summed E-state index contributed by atoms with van der Waals surface area (Å²) in [4.78, 5) is 29.3.